The Balaban J connectivity index is 1.90. The summed E-state index contributed by atoms with van der Waals surface area (Å²) in [5, 5.41) is 8.27. The molecule has 0 unspecified atom stereocenters. The van der Waals surface area contributed by atoms with Crippen LogP contribution in [0.1, 0.15) is 5.56 Å². The lowest BCUT2D eigenvalue weighted by Crippen LogP contribution is -2.12. The molecule has 0 aliphatic rings. The summed E-state index contributed by atoms with van der Waals surface area (Å²) in [6.45, 7) is 0.790. The van der Waals surface area contributed by atoms with Gasteiger partial charge in [0.2, 0.25) is 10.0 Å². The van der Waals surface area contributed by atoms with Gasteiger partial charge < -0.3 is 5.32 Å². The Labute approximate surface area is 113 Å². The van der Waals surface area contributed by atoms with Crippen LogP contribution in [-0.4, -0.2) is 15.0 Å². The first kappa shape index (κ1) is 13.6. The number of hydrogen-bond acceptors (Lipinski definition) is 3. The highest BCUT2D eigenvalue weighted by atomic mass is 32.2. The molecule has 4 nitrogen and oxygen atoms in total. The van der Waals surface area contributed by atoms with Gasteiger partial charge in [-0.3, -0.25) is 0 Å². The minimum atomic E-state index is -3.61. The van der Waals surface area contributed by atoms with Crippen molar-refractivity contribution >= 4 is 15.7 Å². The molecule has 0 aliphatic carbocycles. The highest BCUT2D eigenvalue weighted by molar-refractivity contribution is 7.89. The van der Waals surface area contributed by atoms with Crippen LogP contribution in [0.25, 0.3) is 0 Å². The molecule has 100 valence electrons. The van der Waals surface area contributed by atoms with Gasteiger partial charge in [-0.15, -0.1) is 0 Å². The van der Waals surface area contributed by atoms with Crippen molar-refractivity contribution in [1.29, 1.82) is 0 Å². The minimum absolute atomic E-state index is 0.126. The molecule has 0 radical (unpaired) electrons. The Bertz CT molecular complexity index is 622. The molecule has 2 aromatic carbocycles. The maximum absolute atomic E-state index is 11.1. The Morgan fingerprint density at radius 3 is 2.16 bits per heavy atom. The molecule has 2 rings (SSSR count). The molecular formula is C14H16N2O2S. The number of hydrogen-bond donors (Lipinski definition) is 2. The standard InChI is InChI=1S/C14H16N2O2S/c15-19(17,18)14-8-6-13(7-9-14)16-11-10-12-4-2-1-3-5-12/h1-9,16H,10-11H2,(H2,15,17,18). The van der Waals surface area contributed by atoms with Crippen molar-refractivity contribution in [3.63, 3.8) is 0 Å². The molecule has 5 heteroatoms. The van der Waals surface area contributed by atoms with Crippen LogP contribution in [0, 0.1) is 0 Å². The Morgan fingerprint density at radius 2 is 1.58 bits per heavy atom. The van der Waals surface area contributed by atoms with E-state index < -0.39 is 10.0 Å². The second-order valence-corrected chi connectivity index (χ2v) is 5.79. The van der Waals surface area contributed by atoms with Gasteiger partial charge in [0, 0.05) is 12.2 Å². The summed E-state index contributed by atoms with van der Waals surface area (Å²) in [4.78, 5) is 0.126. The van der Waals surface area contributed by atoms with E-state index in [4.69, 9.17) is 5.14 Å². The van der Waals surface area contributed by atoms with Crippen LogP contribution in [0.2, 0.25) is 0 Å². The van der Waals surface area contributed by atoms with Crippen molar-refractivity contribution in [2.75, 3.05) is 11.9 Å². The first-order chi connectivity index (χ1) is 9.05. The molecule has 3 N–H and O–H groups in total. The second-order valence-electron chi connectivity index (χ2n) is 4.23. The molecule has 0 aliphatic heterocycles. The number of rotatable bonds is 5. The Morgan fingerprint density at radius 1 is 0.947 bits per heavy atom. The van der Waals surface area contributed by atoms with Crippen LogP contribution in [0.5, 0.6) is 0 Å². The third kappa shape index (κ3) is 4.08. The lowest BCUT2D eigenvalue weighted by atomic mass is 10.1. The van der Waals surface area contributed by atoms with Crippen molar-refractivity contribution in [3.8, 4) is 0 Å². The number of benzene rings is 2. The van der Waals surface area contributed by atoms with E-state index in [0.29, 0.717) is 0 Å². The van der Waals surface area contributed by atoms with Crippen molar-refractivity contribution in [2.45, 2.75) is 11.3 Å². The van der Waals surface area contributed by atoms with E-state index in [1.54, 1.807) is 12.1 Å². The molecular weight excluding hydrogens is 260 g/mol. The molecule has 0 amide bonds. The van der Waals surface area contributed by atoms with Crippen LogP contribution in [0.15, 0.2) is 59.5 Å². The predicted molar refractivity (Wildman–Crippen MR) is 76.5 cm³/mol. The monoisotopic (exact) mass is 276 g/mol. The van der Waals surface area contributed by atoms with Crippen LogP contribution >= 0.6 is 0 Å². The van der Waals surface area contributed by atoms with Gasteiger partial charge in [-0.05, 0) is 36.2 Å². The Hall–Kier alpha value is -1.85. The van der Waals surface area contributed by atoms with Gasteiger partial charge in [0.1, 0.15) is 0 Å². The molecule has 2 aromatic rings. The van der Waals surface area contributed by atoms with E-state index in [2.05, 4.69) is 17.4 Å². The van der Waals surface area contributed by atoms with Gasteiger partial charge in [-0.2, -0.15) is 0 Å². The van der Waals surface area contributed by atoms with Gasteiger partial charge >= 0.3 is 0 Å². The highest BCUT2D eigenvalue weighted by Gasteiger charge is 2.06. The lowest BCUT2D eigenvalue weighted by Gasteiger charge is -2.07. The topological polar surface area (TPSA) is 72.2 Å². The summed E-state index contributed by atoms with van der Waals surface area (Å²) in [7, 11) is -3.61. The molecule has 0 atom stereocenters. The molecule has 0 heterocycles. The predicted octanol–water partition coefficient (Wildman–Crippen LogP) is 1.99. The summed E-state index contributed by atoms with van der Waals surface area (Å²) in [6, 6.07) is 16.6. The maximum atomic E-state index is 11.1. The van der Waals surface area contributed by atoms with Gasteiger partial charge in [0.15, 0.2) is 0 Å². The minimum Gasteiger partial charge on any atom is -0.385 e. The van der Waals surface area contributed by atoms with E-state index in [9.17, 15) is 8.42 Å². The van der Waals surface area contributed by atoms with Crippen molar-refractivity contribution in [1.82, 2.24) is 0 Å². The third-order valence-electron chi connectivity index (χ3n) is 2.77. The average Bonchev–Trinajstić information content (AvgIpc) is 2.39. The second kappa shape index (κ2) is 5.86. The van der Waals surface area contributed by atoms with E-state index in [0.717, 1.165) is 18.7 Å². The molecule has 0 fully saturated rings. The molecule has 0 spiro atoms. The normalized spacial score (nSPS) is 11.2. The summed E-state index contributed by atoms with van der Waals surface area (Å²) >= 11 is 0. The summed E-state index contributed by atoms with van der Waals surface area (Å²) in [6.07, 6.45) is 0.914. The van der Waals surface area contributed by atoms with Crippen LogP contribution in [0.3, 0.4) is 0 Å². The maximum Gasteiger partial charge on any atom is 0.238 e. The fourth-order valence-corrected chi connectivity index (χ4v) is 2.27. The van der Waals surface area contributed by atoms with Crippen molar-refractivity contribution < 1.29 is 8.42 Å². The highest BCUT2D eigenvalue weighted by Crippen LogP contribution is 2.12. The smallest absolute Gasteiger partial charge is 0.238 e. The van der Waals surface area contributed by atoms with Gasteiger partial charge in [0.25, 0.3) is 0 Å². The zero-order chi connectivity index (χ0) is 13.7. The van der Waals surface area contributed by atoms with E-state index in [1.165, 1.54) is 17.7 Å². The SMILES string of the molecule is NS(=O)(=O)c1ccc(NCCc2ccccc2)cc1. The zero-order valence-electron chi connectivity index (χ0n) is 10.4. The molecule has 0 bridgehead atoms. The number of primary sulfonamides is 1. The first-order valence-electron chi connectivity index (χ1n) is 5.96. The van der Waals surface area contributed by atoms with Gasteiger partial charge in [-0.25, -0.2) is 13.6 Å². The van der Waals surface area contributed by atoms with E-state index in [-0.39, 0.29) is 4.90 Å². The molecule has 19 heavy (non-hydrogen) atoms. The van der Waals surface area contributed by atoms with Crippen LogP contribution in [-0.2, 0) is 16.4 Å². The molecule has 0 aromatic heterocycles. The number of nitrogens with two attached hydrogens (primary N) is 1. The zero-order valence-corrected chi connectivity index (χ0v) is 11.2. The third-order valence-corrected chi connectivity index (χ3v) is 3.70. The lowest BCUT2D eigenvalue weighted by molar-refractivity contribution is 0.598. The molecule has 0 saturated carbocycles. The van der Waals surface area contributed by atoms with Crippen LogP contribution < -0.4 is 10.5 Å². The fourth-order valence-electron chi connectivity index (χ4n) is 1.76. The summed E-state index contributed by atoms with van der Waals surface area (Å²) in [5.41, 5.74) is 2.14. The van der Waals surface area contributed by atoms with Gasteiger partial charge in [-0.1, -0.05) is 30.3 Å². The first-order valence-corrected chi connectivity index (χ1v) is 7.51. The summed E-state index contributed by atoms with van der Waals surface area (Å²) < 4.78 is 22.2. The van der Waals surface area contributed by atoms with E-state index in [1.807, 2.05) is 18.2 Å². The summed E-state index contributed by atoms with van der Waals surface area (Å²) in [5.74, 6) is 0. The van der Waals surface area contributed by atoms with Crippen molar-refractivity contribution in [3.05, 3.63) is 60.2 Å². The van der Waals surface area contributed by atoms with E-state index >= 15 is 0 Å². The quantitative estimate of drug-likeness (QED) is 0.877. The number of nitrogens with one attached hydrogen (secondary N) is 1. The largest absolute Gasteiger partial charge is 0.385 e. The Kier molecular flexibility index (Phi) is 4.19. The average molecular weight is 276 g/mol. The van der Waals surface area contributed by atoms with Crippen molar-refractivity contribution in [2.24, 2.45) is 5.14 Å². The van der Waals surface area contributed by atoms with Crippen LogP contribution in [0.4, 0.5) is 5.69 Å². The molecule has 0 saturated heterocycles. The fraction of sp³-hybridized carbons (Fsp3) is 0.143. The number of anilines is 1. The van der Waals surface area contributed by atoms with Gasteiger partial charge in [0.05, 0.1) is 4.90 Å². The number of sulfonamides is 1.